The van der Waals surface area contributed by atoms with Gasteiger partial charge in [-0.15, -0.1) is 0 Å². The lowest BCUT2D eigenvalue weighted by Gasteiger charge is -2.46. The summed E-state index contributed by atoms with van der Waals surface area (Å²) in [5, 5.41) is 6.49. The van der Waals surface area contributed by atoms with E-state index in [0.717, 1.165) is 37.3 Å². The van der Waals surface area contributed by atoms with Crippen LogP contribution in [0.4, 0.5) is 11.4 Å². The molecule has 2 amide bonds. The lowest BCUT2D eigenvalue weighted by molar-refractivity contribution is -0.141. The molecule has 3 aliphatic heterocycles. The molecule has 2 saturated heterocycles. The van der Waals surface area contributed by atoms with Crippen molar-refractivity contribution in [2.24, 2.45) is 0 Å². The minimum Gasteiger partial charge on any atom is -0.369 e. The van der Waals surface area contributed by atoms with Gasteiger partial charge in [0.15, 0.2) is 0 Å². The van der Waals surface area contributed by atoms with Crippen LogP contribution in [0, 0.1) is 0 Å². The predicted molar refractivity (Wildman–Crippen MR) is 102 cm³/mol. The van der Waals surface area contributed by atoms with E-state index >= 15 is 0 Å². The van der Waals surface area contributed by atoms with E-state index in [1.807, 2.05) is 29.2 Å². The molecule has 1 aromatic rings. The highest BCUT2D eigenvalue weighted by Crippen LogP contribution is 2.36. The van der Waals surface area contributed by atoms with Crippen LogP contribution in [0.1, 0.15) is 39.0 Å². The summed E-state index contributed by atoms with van der Waals surface area (Å²) >= 11 is 0. The molecule has 1 atom stereocenters. The van der Waals surface area contributed by atoms with Gasteiger partial charge in [0.25, 0.3) is 0 Å². The van der Waals surface area contributed by atoms with Crippen LogP contribution in [0.25, 0.3) is 0 Å². The second kappa shape index (κ2) is 6.91. The van der Waals surface area contributed by atoms with Gasteiger partial charge in [0, 0.05) is 13.1 Å². The Balaban J connectivity index is 1.44. The molecular weight excluding hydrogens is 328 g/mol. The first-order valence-electron chi connectivity index (χ1n) is 9.84. The van der Waals surface area contributed by atoms with Crippen LogP contribution in [0.3, 0.4) is 0 Å². The molecule has 2 fully saturated rings. The number of fused-ring (bicyclic) bond motifs is 1. The summed E-state index contributed by atoms with van der Waals surface area (Å²) in [6, 6.07) is 7.82. The van der Waals surface area contributed by atoms with Crippen molar-refractivity contribution in [3.05, 3.63) is 24.3 Å². The van der Waals surface area contributed by atoms with Crippen molar-refractivity contribution in [1.82, 2.24) is 9.80 Å². The Morgan fingerprint density at radius 1 is 1.15 bits per heavy atom. The van der Waals surface area contributed by atoms with Gasteiger partial charge in [-0.25, -0.2) is 0 Å². The van der Waals surface area contributed by atoms with Gasteiger partial charge in [-0.05, 0) is 50.9 Å². The molecule has 2 N–H and O–H groups in total. The molecule has 4 rings (SSSR count). The molecule has 0 unspecified atom stereocenters. The zero-order chi connectivity index (χ0) is 18.1. The van der Waals surface area contributed by atoms with E-state index in [4.69, 9.17) is 0 Å². The van der Waals surface area contributed by atoms with Gasteiger partial charge in [0.2, 0.25) is 11.8 Å². The number of benzene rings is 1. The molecule has 0 radical (unpaired) electrons. The Bertz CT molecular complexity index is 697. The second-order valence-corrected chi connectivity index (χ2v) is 7.67. The molecule has 0 saturated carbocycles. The number of nitrogens with one attached hydrogen (secondary N) is 2. The zero-order valence-electron chi connectivity index (χ0n) is 15.5. The predicted octanol–water partition coefficient (Wildman–Crippen LogP) is 2.29. The van der Waals surface area contributed by atoms with Crippen molar-refractivity contribution < 1.29 is 9.59 Å². The first-order valence-corrected chi connectivity index (χ1v) is 9.84. The third-order valence-electron chi connectivity index (χ3n) is 6.22. The molecule has 1 aromatic carbocycles. The smallest absolute Gasteiger partial charge is 0.250 e. The molecule has 0 aromatic heterocycles. The molecule has 0 bridgehead atoms. The third-order valence-corrected chi connectivity index (χ3v) is 6.22. The number of carbonyl (C=O) groups excluding carboxylic acids is 2. The first kappa shape index (κ1) is 17.3. The Hall–Kier alpha value is -2.08. The Labute approximate surface area is 154 Å². The number of hydrogen-bond acceptors (Lipinski definition) is 4. The Morgan fingerprint density at radius 3 is 2.62 bits per heavy atom. The van der Waals surface area contributed by atoms with E-state index in [0.29, 0.717) is 25.9 Å². The average molecular weight is 356 g/mol. The monoisotopic (exact) mass is 356 g/mol. The highest BCUT2D eigenvalue weighted by atomic mass is 16.2. The van der Waals surface area contributed by atoms with Crippen LogP contribution in [-0.2, 0) is 9.59 Å². The van der Waals surface area contributed by atoms with Gasteiger partial charge in [-0.2, -0.15) is 0 Å². The topological polar surface area (TPSA) is 64.7 Å². The van der Waals surface area contributed by atoms with Crippen LogP contribution in [0.5, 0.6) is 0 Å². The minimum absolute atomic E-state index is 0.0242. The molecule has 3 aliphatic rings. The van der Waals surface area contributed by atoms with Crippen molar-refractivity contribution in [3.8, 4) is 0 Å². The fraction of sp³-hybridized carbons (Fsp3) is 0.600. The molecule has 6 nitrogen and oxygen atoms in total. The summed E-state index contributed by atoms with van der Waals surface area (Å²) in [7, 11) is 0. The molecular formula is C20H28N4O2. The van der Waals surface area contributed by atoms with Crippen molar-refractivity contribution in [2.45, 2.75) is 50.6 Å². The number of rotatable bonds is 2. The van der Waals surface area contributed by atoms with E-state index in [9.17, 15) is 9.59 Å². The number of carbonyl (C=O) groups is 2. The molecule has 140 valence electrons. The van der Waals surface area contributed by atoms with Crippen molar-refractivity contribution in [3.63, 3.8) is 0 Å². The summed E-state index contributed by atoms with van der Waals surface area (Å²) in [5.41, 5.74) is 1.21. The number of piperidine rings is 2. The number of amides is 2. The fourth-order valence-corrected chi connectivity index (χ4v) is 4.58. The van der Waals surface area contributed by atoms with E-state index in [1.54, 1.807) is 0 Å². The standard InChI is InChI=1S/C20H28N4O2/c1-2-23-12-6-5-9-17(23)18(25)24-13-10-20(11-14-24)19(26)21-15-7-3-4-8-16(15)22-20/h3-4,7-8,17,22H,2,5-6,9-14H2,1H3,(H,21,26)/t17-/m1/s1. The van der Waals surface area contributed by atoms with Crippen LogP contribution < -0.4 is 10.6 Å². The lowest BCUT2D eigenvalue weighted by atomic mass is 9.84. The second-order valence-electron chi connectivity index (χ2n) is 7.67. The van der Waals surface area contributed by atoms with Crippen LogP contribution in [-0.4, -0.2) is 59.4 Å². The van der Waals surface area contributed by atoms with Gasteiger partial charge in [-0.3, -0.25) is 14.5 Å². The number of anilines is 2. The summed E-state index contributed by atoms with van der Waals surface area (Å²) in [5.74, 6) is 0.272. The van der Waals surface area contributed by atoms with Crippen LogP contribution >= 0.6 is 0 Å². The van der Waals surface area contributed by atoms with Crippen molar-refractivity contribution >= 4 is 23.2 Å². The van der Waals surface area contributed by atoms with Gasteiger partial charge < -0.3 is 15.5 Å². The Kier molecular flexibility index (Phi) is 4.61. The summed E-state index contributed by atoms with van der Waals surface area (Å²) in [6.45, 7) is 5.34. The normalized spacial score (nSPS) is 25.3. The van der Waals surface area contributed by atoms with Crippen molar-refractivity contribution in [1.29, 1.82) is 0 Å². The quantitative estimate of drug-likeness (QED) is 0.853. The fourth-order valence-electron chi connectivity index (χ4n) is 4.58. The van der Waals surface area contributed by atoms with Gasteiger partial charge in [0.05, 0.1) is 17.4 Å². The van der Waals surface area contributed by atoms with Gasteiger partial charge in [0.1, 0.15) is 5.54 Å². The van der Waals surface area contributed by atoms with E-state index in [2.05, 4.69) is 22.5 Å². The van der Waals surface area contributed by atoms with Crippen LogP contribution in [0.2, 0.25) is 0 Å². The zero-order valence-corrected chi connectivity index (χ0v) is 15.5. The van der Waals surface area contributed by atoms with Crippen molar-refractivity contribution in [2.75, 3.05) is 36.8 Å². The molecule has 6 heteroatoms. The SMILES string of the molecule is CCN1CCCC[C@@H]1C(=O)N1CCC2(CC1)Nc1ccccc1NC2=O. The Morgan fingerprint density at radius 2 is 1.88 bits per heavy atom. The highest BCUT2D eigenvalue weighted by Gasteiger charge is 2.45. The van der Waals surface area contributed by atoms with E-state index in [1.165, 1.54) is 6.42 Å². The van der Waals surface area contributed by atoms with Crippen LogP contribution in [0.15, 0.2) is 24.3 Å². The maximum absolute atomic E-state index is 13.0. The summed E-state index contributed by atoms with van der Waals surface area (Å²) in [4.78, 5) is 30.0. The number of nitrogens with zero attached hydrogens (tertiary/aromatic N) is 2. The molecule has 26 heavy (non-hydrogen) atoms. The van der Waals surface area contributed by atoms with E-state index in [-0.39, 0.29) is 17.9 Å². The van der Waals surface area contributed by atoms with Gasteiger partial charge >= 0.3 is 0 Å². The lowest BCUT2D eigenvalue weighted by Crippen LogP contribution is -2.61. The highest BCUT2D eigenvalue weighted by molar-refractivity contribution is 6.06. The third kappa shape index (κ3) is 2.96. The average Bonchev–Trinajstić information content (AvgIpc) is 2.69. The number of likely N-dealkylation sites (tertiary alicyclic amines) is 2. The van der Waals surface area contributed by atoms with E-state index < -0.39 is 5.54 Å². The number of para-hydroxylation sites is 2. The minimum atomic E-state index is -0.595. The first-order chi connectivity index (χ1) is 12.6. The largest absolute Gasteiger partial charge is 0.369 e. The molecule has 3 heterocycles. The van der Waals surface area contributed by atoms with Gasteiger partial charge in [-0.1, -0.05) is 25.5 Å². The maximum atomic E-state index is 13.0. The summed E-state index contributed by atoms with van der Waals surface area (Å²) in [6.07, 6.45) is 4.57. The number of likely N-dealkylation sites (N-methyl/N-ethyl adjacent to an activating group) is 1. The molecule has 0 aliphatic carbocycles. The maximum Gasteiger partial charge on any atom is 0.250 e. The molecule has 1 spiro atoms. The summed E-state index contributed by atoms with van der Waals surface area (Å²) < 4.78 is 0. The number of hydrogen-bond donors (Lipinski definition) is 2.